The van der Waals surface area contributed by atoms with Crippen LogP contribution in [0.25, 0.3) is 10.8 Å². The van der Waals surface area contributed by atoms with Gasteiger partial charge in [0.05, 0.1) is 6.61 Å². The fraction of sp³-hybridized carbons (Fsp3) is 0.143. The lowest BCUT2D eigenvalue weighted by Gasteiger charge is -2.05. The van der Waals surface area contributed by atoms with E-state index in [0.717, 1.165) is 5.56 Å². The van der Waals surface area contributed by atoms with Crippen molar-refractivity contribution in [3.8, 4) is 0 Å². The number of nitrogens with one attached hydrogen (secondary N) is 1. The highest BCUT2D eigenvalue weighted by Gasteiger charge is 1.95. The van der Waals surface area contributed by atoms with Crippen molar-refractivity contribution in [3.63, 3.8) is 0 Å². The average Bonchev–Trinajstić information content (AvgIpc) is 2.34. The van der Waals surface area contributed by atoms with Crippen LogP contribution in [0, 0.1) is 0 Å². The third-order valence-electron chi connectivity index (χ3n) is 2.38. The number of hydrogen-bond acceptors (Lipinski definition) is 2. The molecule has 2 aromatic carbocycles. The van der Waals surface area contributed by atoms with Crippen molar-refractivity contribution in [2.24, 2.45) is 0 Å². The highest BCUT2D eigenvalue weighted by molar-refractivity contribution is 5.82. The molecule has 0 spiro atoms. The van der Waals surface area contributed by atoms with Crippen molar-refractivity contribution in [2.45, 2.75) is 6.61 Å². The normalized spacial score (nSPS) is 10.5. The van der Waals surface area contributed by atoms with Crippen molar-refractivity contribution < 1.29 is 4.84 Å². The number of hydrogen-bond donors (Lipinski definition) is 1. The monoisotopic (exact) mass is 213 g/mol. The van der Waals surface area contributed by atoms with Crippen LogP contribution in [0.5, 0.6) is 0 Å². The van der Waals surface area contributed by atoms with E-state index in [4.69, 9.17) is 4.84 Å². The highest BCUT2D eigenvalue weighted by atomic mass is 16.6. The molecule has 0 radical (unpaired) electrons. The summed E-state index contributed by atoms with van der Waals surface area (Å²) in [5, 5.41) is 2.50. The predicted molar refractivity (Wildman–Crippen MR) is 66.9 cm³/mol. The topological polar surface area (TPSA) is 21.3 Å². The van der Waals surface area contributed by atoms with E-state index >= 15 is 0 Å². The Morgan fingerprint density at radius 3 is 2.75 bits per heavy atom. The third-order valence-corrected chi connectivity index (χ3v) is 2.38. The SMILES string of the molecule is C=CCNOCc1ccc2ccccc2c1. The van der Waals surface area contributed by atoms with Crippen molar-refractivity contribution in [3.05, 3.63) is 60.7 Å². The summed E-state index contributed by atoms with van der Waals surface area (Å²) in [5.74, 6) is 0. The Labute approximate surface area is 95.5 Å². The van der Waals surface area contributed by atoms with Gasteiger partial charge in [0.1, 0.15) is 0 Å². The summed E-state index contributed by atoms with van der Waals surface area (Å²) >= 11 is 0. The molecule has 0 aliphatic heterocycles. The summed E-state index contributed by atoms with van der Waals surface area (Å²) in [6, 6.07) is 14.6. The molecule has 0 saturated carbocycles. The maximum atomic E-state index is 5.29. The van der Waals surface area contributed by atoms with Gasteiger partial charge < -0.3 is 0 Å². The first-order chi connectivity index (χ1) is 7.90. The summed E-state index contributed by atoms with van der Waals surface area (Å²) in [4.78, 5) is 5.29. The fourth-order valence-electron chi connectivity index (χ4n) is 1.58. The van der Waals surface area contributed by atoms with E-state index in [2.05, 4.69) is 42.4 Å². The molecule has 0 amide bonds. The molecule has 82 valence electrons. The van der Waals surface area contributed by atoms with E-state index in [1.807, 2.05) is 12.1 Å². The Morgan fingerprint density at radius 2 is 1.94 bits per heavy atom. The molecule has 2 aromatic rings. The van der Waals surface area contributed by atoms with Crippen LogP contribution in [0.3, 0.4) is 0 Å². The zero-order valence-electron chi connectivity index (χ0n) is 9.15. The van der Waals surface area contributed by atoms with E-state index < -0.39 is 0 Å². The Kier molecular flexibility index (Phi) is 3.70. The molecule has 2 rings (SSSR count). The minimum atomic E-state index is 0.568. The standard InChI is InChI=1S/C14H15NO/c1-2-9-15-16-11-12-7-8-13-5-3-4-6-14(13)10-12/h2-8,10,15H,1,9,11H2. The van der Waals surface area contributed by atoms with E-state index in [1.165, 1.54) is 10.8 Å². The molecule has 16 heavy (non-hydrogen) atoms. The number of fused-ring (bicyclic) bond motifs is 1. The molecule has 0 aliphatic rings. The second-order valence-corrected chi connectivity index (χ2v) is 3.61. The average molecular weight is 213 g/mol. The van der Waals surface area contributed by atoms with Crippen LogP contribution >= 0.6 is 0 Å². The lowest BCUT2D eigenvalue weighted by molar-refractivity contribution is 0.0353. The van der Waals surface area contributed by atoms with Gasteiger partial charge in [-0.05, 0) is 22.4 Å². The van der Waals surface area contributed by atoms with E-state index in [9.17, 15) is 0 Å². The Hall–Kier alpha value is -1.64. The Morgan fingerprint density at radius 1 is 1.12 bits per heavy atom. The van der Waals surface area contributed by atoms with Gasteiger partial charge in [0.25, 0.3) is 0 Å². The van der Waals surface area contributed by atoms with E-state index in [-0.39, 0.29) is 0 Å². The van der Waals surface area contributed by atoms with Crippen LogP contribution in [0.15, 0.2) is 55.1 Å². The predicted octanol–water partition coefficient (Wildman–Crippen LogP) is 3.05. The van der Waals surface area contributed by atoms with Crippen LogP contribution < -0.4 is 5.48 Å². The van der Waals surface area contributed by atoms with Gasteiger partial charge in [0.2, 0.25) is 0 Å². The molecule has 0 saturated heterocycles. The molecule has 0 aromatic heterocycles. The first kappa shape index (κ1) is 10.9. The quantitative estimate of drug-likeness (QED) is 0.468. The van der Waals surface area contributed by atoms with Gasteiger partial charge in [-0.1, -0.05) is 42.5 Å². The van der Waals surface area contributed by atoms with Gasteiger partial charge in [-0.25, -0.2) is 0 Å². The maximum absolute atomic E-state index is 5.29. The second kappa shape index (κ2) is 5.45. The summed E-state index contributed by atoms with van der Waals surface area (Å²) < 4.78 is 0. The van der Waals surface area contributed by atoms with Crippen molar-refractivity contribution >= 4 is 10.8 Å². The van der Waals surface area contributed by atoms with Crippen LogP contribution in [-0.4, -0.2) is 6.54 Å². The van der Waals surface area contributed by atoms with Gasteiger partial charge in [-0.15, -0.1) is 6.58 Å². The number of hydroxylamine groups is 1. The Bertz CT molecular complexity index is 479. The highest BCUT2D eigenvalue weighted by Crippen LogP contribution is 2.15. The molecule has 0 atom stereocenters. The summed E-state index contributed by atoms with van der Waals surface area (Å²) in [5.41, 5.74) is 3.98. The van der Waals surface area contributed by atoms with Gasteiger partial charge in [0, 0.05) is 6.54 Å². The smallest absolute Gasteiger partial charge is 0.0933 e. The van der Waals surface area contributed by atoms with Crippen molar-refractivity contribution in [2.75, 3.05) is 6.54 Å². The molecule has 1 N–H and O–H groups in total. The minimum Gasteiger partial charge on any atom is -0.297 e. The van der Waals surface area contributed by atoms with Crippen LogP contribution in [0.4, 0.5) is 0 Å². The van der Waals surface area contributed by atoms with Crippen molar-refractivity contribution in [1.29, 1.82) is 0 Å². The van der Waals surface area contributed by atoms with Crippen LogP contribution in [0.1, 0.15) is 5.56 Å². The molecule has 0 heterocycles. The van der Waals surface area contributed by atoms with Gasteiger partial charge >= 0.3 is 0 Å². The first-order valence-corrected chi connectivity index (χ1v) is 5.33. The largest absolute Gasteiger partial charge is 0.297 e. The summed E-state index contributed by atoms with van der Waals surface area (Å²) in [6.07, 6.45) is 1.76. The van der Waals surface area contributed by atoms with Gasteiger partial charge in [0.15, 0.2) is 0 Å². The first-order valence-electron chi connectivity index (χ1n) is 5.33. The molecular formula is C14H15NO. The molecule has 0 unspecified atom stereocenters. The molecule has 2 nitrogen and oxygen atoms in total. The van der Waals surface area contributed by atoms with E-state index in [1.54, 1.807) is 6.08 Å². The van der Waals surface area contributed by atoms with Crippen molar-refractivity contribution in [1.82, 2.24) is 5.48 Å². The lowest BCUT2D eigenvalue weighted by atomic mass is 10.1. The zero-order valence-corrected chi connectivity index (χ0v) is 9.15. The Balaban J connectivity index is 2.05. The maximum Gasteiger partial charge on any atom is 0.0933 e. The molecular weight excluding hydrogens is 198 g/mol. The van der Waals surface area contributed by atoms with Crippen LogP contribution in [0.2, 0.25) is 0 Å². The lowest BCUT2D eigenvalue weighted by Crippen LogP contribution is -2.13. The minimum absolute atomic E-state index is 0.568. The number of rotatable bonds is 5. The fourth-order valence-corrected chi connectivity index (χ4v) is 1.58. The van der Waals surface area contributed by atoms with Gasteiger partial charge in [-0.2, -0.15) is 5.48 Å². The van der Waals surface area contributed by atoms with Gasteiger partial charge in [-0.3, -0.25) is 4.84 Å². The summed E-state index contributed by atoms with van der Waals surface area (Å²) in [6.45, 7) is 4.83. The van der Waals surface area contributed by atoms with Crippen LogP contribution in [-0.2, 0) is 11.4 Å². The molecule has 2 heteroatoms. The third kappa shape index (κ3) is 2.69. The summed E-state index contributed by atoms with van der Waals surface area (Å²) in [7, 11) is 0. The van der Waals surface area contributed by atoms with E-state index in [0.29, 0.717) is 13.2 Å². The molecule has 0 aliphatic carbocycles. The molecule has 0 bridgehead atoms. The molecule has 0 fully saturated rings. The second-order valence-electron chi connectivity index (χ2n) is 3.61. The number of benzene rings is 2. The zero-order chi connectivity index (χ0) is 11.2.